The van der Waals surface area contributed by atoms with Gasteiger partial charge in [0.2, 0.25) is 5.91 Å². The van der Waals surface area contributed by atoms with Crippen molar-refractivity contribution < 1.29 is 19.1 Å². The first-order valence-corrected chi connectivity index (χ1v) is 9.28. The minimum absolute atomic E-state index is 0.196. The van der Waals surface area contributed by atoms with E-state index in [0.717, 1.165) is 14.5 Å². The average molecular weight is 486 g/mol. The van der Waals surface area contributed by atoms with Gasteiger partial charge in [0.25, 0.3) is 0 Å². The Kier molecular flexibility index (Phi) is 7.05. The van der Waals surface area contributed by atoms with E-state index in [4.69, 9.17) is 10.5 Å². The van der Waals surface area contributed by atoms with Gasteiger partial charge in [-0.3, -0.25) is 9.59 Å². The minimum Gasteiger partial charge on any atom is -0.469 e. The monoisotopic (exact) mass is 484 g/mol. The van der Waals surface area contributed by atoms with Gasteiger partial charge in [0.15, 0.2) is 5.75 Å². The average Bonchev–Trinajstić information content (AvgIpc) is 2.58. The lowest BCUT2D eigenvalue weighted by Gasteiger charge is -2.14. The van der Waals surface area contributed by atoms with Crippen molar-refractivity contribution >= 4 is 55.1 Å². The molecule has 0 aromatic heterocycles. The molecule has 0 spiro atoms. The molecule has 2 rings (SSSR count). The van der Waals surface area contributed by atoms with Gasteiger partial charge >= 0.3 is 5.97 Å². The molecule has 0 saturated heterocycles. The normalized spacial score (nSPS) is 10.3. The summed E-state index contributed by atoms with van der Waals surface area (Å²) in [5.41, 5.74) is 7.83. The molecule has 0 aliphatic heterocycles. The fourth-order valence-corrected chi connectivity index (χ4v) is 3.67. The number of amides is 1. The third-order valence-corrected chi connectivity index (χ3v) is 4.64. The number of nitrogen functional groups attached to an aromatic ring is 1. The molecule has 26 heavy (non-hydrogen) atoms. The van der Waals surface area contributed by atoms with Crippen molar-refractivity contribution in [2.24, 2.45) is 0 Å². The second-order valence-electron chi connectivity index (χ2n) is 5.50. The van der Waals surface area contributed by atoms with Gasteiger partial charge in [0.1, 0.15) is 5.75 Å². The molecule has 0 unspecified atom stereocenters. The molecule has 0 radical (unpaired) electrons. The van der Waals surface area contributed by atoms with Crippen LogP contribution in [0.25, 0.3) is 0 Å². The molecule has 6 nitrogen and oxygen atoms in total. The fourth-order valence-electron chi connectivity index (χ4n) is 2.23. The second kappa shape index (κ2) is 9.05. The molecule has 0 aliphatic carbocycles. The van der Waals surface area contributed by atoms with E-state index in [2.05, 4.69) is 41.9 Å². The SMILES string of the molecule is COC(=O)CCc1cc(Br)c(Oc2ccc(NC(C)=O)c(N)c2)c(Br)c1. The Bertz CT molecular complexity index is 817. The highest BCUT2D eigenvalue weighted by atomic mass is 79.9. The van der Waals surface area contributed by atoms with Crippen LogP contribution in [0.5, 0.6) is 11.5 Å². The van der Waals surface area contributed by atoms with Gasteiger partial charge in [-0.05, 0) is 68.1 Å². The zero-order valence-corrected chi connectivity index (χ0v) is 17.4. The number of ether oxygens (including phenoxy) is 2. The Balaban J connectivity index is 2.18. The number of nitrogens with two attached hydrogens (primary N) is 1. The van der Waals surface area contributed by atoms with Gasteiger partial charge in [-0.25, -0.2) is 0 Å². The minimum atomic E-state index is -0.257. The number of halogens is 2. The Hall–Kier alpha value is -2.06. The van der Waals surface area contributed by atoms with Crippen LogP contribution in [0, 0.1) is 0 Å². The summed E-state index contributed by atoms with van der Waals surface area (Å²) in [6.45, 7) is 1.42. The predicted molar refractivity (Wildman–Crippen MR) is 107 cm³/mol. The van der Waals surface area contributed by atoms with Gasteiger partial charge in [-0.1, -0.05) is 0 Å². The van der Waals surface area contributed by atoms with Crippen molar-refractivity contribution in [1.29, 1.82) is 0 Å². The molecule has 3 N–H and O–H groups in total. The van der Waals surface area contributed by atoms with E-state index in [0.29, 0.717) is 35.7 Å². The van der Waals surface area contributed by atoms with Crippen LogP contribution in [0.4, 0.5) is 11.4 Å². The Morgan fingerprint density at radius 1 is 1.15 bits per heavy atom. The second-order valence-corrected chi connectivity index (χ2v) is 7.21. The Morgan fingerprint density at radius 2 is 1.81 bits per heavy atom. The molecular weight excluding hydrogens is 468 g/mol. The highest BCUT2D eigenvalue weighted by Gasteiger charge is 2.12. The van der Waals surface area contributed by atoms with Gasteiger partial charge in [-0.15, -0.1) is 0 Å². The van der Waals surface area contributed by atoms with Crippen LogP contribution >= 0.6 is 31.9 Å². The lowest BCUT2D eigenvalue weighted by Crippen LogP contribution is -2.07. The summed E-state index contributed by atoms with van der Waals surface area (Å²) in [5.74, 6) is 0.657. The van der Waals surface area contributed by atoms with Gasteiger partial charge in [-0.2, -0.15) is 0 Å². The number of rotatable bonds is 6. The molecule has 0 bridgehead atoms. The number of anilines is 2. The molecular formula is C18H18Br2N2O4. The molecule has 0 saturated carbocycles. The molecule has 1 amide bonds. The van der Waals surface area contributed by atoms with E-state index in [1.165, 1.54) is 14.0 Å². The summed E-state index contributed by atoms with van der Waals surface area (Å²) in [6.07, 6.45) is 0.860. The van der Waals surface area contributed by atoms with Crippen LogP contribution in [0.15, 0.2) is 39.3 Å². The zero-order chi connectivity index (χ0) is 19.3. The molecule has 0 fully saturated rings. The summed E-state index contributed by atoms with van der Waals surface area (Å²) in [7, 11) is 1.37. The highest BCUT2D eigenvalue weighted by Crippen LogP contribution is 2.39. The highest BCUT2D eigenvalue weighted by molar-refractivity contribution is 9.11. The third kappa shape index (κ3) is 5.47. The summed E-state index contributed by atoms with van der Waals surface area (Å²) in [4.78, 5) is 22.4. The standard InChI is InChI=1S/C18H18Br2N2O4/c1-10(23)22-16-5-4-12(9-15(16)21)26-18-13(19)7-11(8-14(18)20)3-6-17(24)25-2/h4-5,7-9H,3,6,21H2,1-2H3,(H,22,23). The lowest BCUT2D eigenvalue weighted by molar-refractivity contribution is -0.140. The quantitative estimate of drug-likeness (QED) is 0.459. The lowest BCUT2D eigenvalue weighted by atomic mass is 10.1. The first-order chi connectivity index (χ1) is 12.3. The molecule has 0 aliphatic rings. The third-order valence-electron chi connectivity index (χ3n) is 3.46. The van der Waals surface area contributed by atoms with E-state index in [1.54, 1.807) is 18.2 Å². The van der Waals surface area contributed by atoms with E-state index < -0.39 is 0 Å². The number of carbonyl (C=O) groups is 2. The Labute approximate surface area is 168 Å². The molecule has 138 valence electrons. The number of benzene rings is 2. The molecule has 2 aromatic carbocycles. The maximum absolute atomic E-state index is 11.3. The molecule has 0 heterocycles. The van der Waals surface area contributed by atoms with Crippen LogP contribution in [-0.4, -0.2) is 19.0 Å². The topological polar surface area (TPSA) is 90.6 Å². The Morgan fingerprint density at radius 3 is 2.35 bits per heavy atom. The van der Waals surface area contributed by atoms with Crippen molar-refractivity contribution in [3.8, 4) is 11.5 Å². The number of esters is 1. The molecule has 8 heteroatoms. The number of hydrogen-bond acceptors (Lipinski definition) is 5. The number of nitrogens with one attached hydrogen (secondary N) is 1. The van der Waals surface area contributed by atoms with Crippen molar-refractivity contribution in [2.45, 2.75) is 19.8 Å². The van der Waals surface area contributed by atoms with Gasteiger partial charge in [0, 0.05) is 19.4 Å². The summed E-state index contributed by atoms with van der Waals surface area (Å²) < 4.78 is 12.0. The smallest absolute Gasteiger partial charge is 0.305 e. The van der Waals surface area contributed by atoms with Gasteiger partial charge < -0.3 is 20.5 Å². The van der Waals surface area contributed by atoms with Crippen LogP contribution in [0.3, 0.4) is 0 Å². The summed E-state index contributed by atoms with van der Waals surface area (Å²) in [6, 6.07) is 8.80. The zero-order valence-electron chi connectivity index (χ0n) is 14.3. The first-order valence-electron chi connectivity index (χ1n) is 7.70. The van der Waals surface area contributed by atoms with Crippen molar-refractivity contribution in [3.05, 3.63) is 44.8 Å². The maximum atomic E-state index is 11.3. The summed E-state index contributed by atoms with van der Waals surface area (Å²) >= 11 is 6.97. The van der Waals surface area contributed by atoms with E-state index >= 15 is 0 Å². The van der Waals surface area contributed by atoms with E-state index in [-0.39, 0.29) is 11.9 Å². The number of carbonyl (C=O) groups excluding carboxylic acids is 2. The number of methoxy groups -OCH3 is 1. The van der Waals surface area contributed by atoms with E-state index in [9.17, 15) is 9.59 Å². The van der Waals surface area contributed by atoms with Crippen LogP contribution in [0.2, 0.25) is 0 Å². The first kappa shape index (κ1) is 20.3. The largest absolute Gasteiger partial charge is 0.469 e. The molecule has 0 atom stereocenters. The van der Waals surface area contributed by atoms with Gasteiger partial charge in [0.05, 0.1) is 27.4 Å². The predicted octanol–water partition coefficient (Wildman–Crippen LogP) is 4.65. The van der Waals surface area contributed by atoms with Crippen LogP contribution in [-0.2, 0) is 20.7 Å². The summed E-state index contributed by atoms with van der Waals surface area (Å²) in [5, 5.41) is 2.65. The maximum Gasteiger partial charge on any atom is 0.305 e. The molecule has 2 aromatic rings. The number of aryl methyl sites for hydroxylation is 1. The van der Waals surface area contributed by atoms with Crippen LogP contribution in [0.1, 0.15) is 18.9 Å². The van der Waals surface area contributed by atoms with Crippen molar-refractivity contribution in [3.63, 3.8) is 0 Å². The fraction of sp³-hybridized carbons (Fsp3) is 0.222. The van der Waals surface area contributed by atoms with E-state index in [1.807, 2.05) is 12.1 Å². The van der Waals surface area contributed by atoms with Crippen molar-refractivity contribution in [1.82, 2.24) is 0 Å². The van der Waals surface area contributed by atoms with Crippen molar-refractivity contribution in [2.75, 3.05) is 18.2 Å². The van der Waals surface area contributed by atoms with Crippen LogP contribution < -0.4 is 15.8 Å². The number of hydrogen-bond donors (Lipinski definition) is 2.